The highest BCUT2D eigenvalue weighted by Gasteiger charge is 2.33. The first-order chi connectivity index (χ1) is 7.86. The Labute approximate surface area is 95.1 Å². The predicted molar refractivity (Wildman–Crippen MR) is 54.7 cm³/mol. The van der Waals surface area contributed by atoms with Gasteiger partial charge in [0.2, 0.25) is 0 Å². The highest BCUT2D eigenvalue weighted by molar-refractivity contribution is 5.86. The Bertz CT molecular complexity index is 450. The number of carbonyl (C=O) groups is 1. The summed E-state index contributed by atoms with van der Waals surface area (Å²) < 4.78 is 42.7. The van der Waals surface area contributed by atoms with E-state index < -0.39 is 17.7 Å². The SMILES string of the molecule is COc1cccc(C(F)(F)F)c1/C=C/C(=O)O. The third-order valence-corrected chi connectivity index (χ3v) is 1.98. The first-order valence-corrected chi connectivity index (χ1v) is 4.51. The van der Waals surface area contributed by atoms with Gasteiger partial charge in [0.25, 0.3) is 0 Å². The lowest BCUT2D eigenvalue weighted by Gasteiger charge is -2.13. The molecule has 0 bridgehead atoms. The molecule has 0 atom stereocenters. The van der Waals surface area contributed by atoms with Gasteiger partial charge in [0.05, 0.1) is 12.7 Å². The smallest absolute Gasteiger partial charge is 0.417 e. The fourth-order valence-electron chi connectivity index (χ4n) is 1.30. The second-order valence-electron chi connectivity index (χ2n) is 3.09. The molecule has 0 aliphatic carbocycles. The molecule has 0 aliphatic rings. The zero-order valence-corrected chi connectivity index (χ0v) is 8.78. The highest BCUT2D eigenvalue weighted by Crippen LogP contribution is 2.36. The van der Waals surface area contributed by atoms with E-state index in [9.17, 15) is 18.0 Å². The first-order valence-electron chi connectivity index (χ1n) is 4.51. The van der Waals surface area contributed by atoms with Crippen molar-refractivity contribution in [3.8, 4) is 5.75 Å². The van der Waals surface area contributed by atoms with Crippen molar-refractivity contribution in [3.63, 3.8) is 0 Å². The van der Waals surface area contributed by atoms with Gasteiger partial charge in [0, 0.05) is 11.6 Å². The van der Waals surface area contributed by atoms with Crippen LogP contribution in [0.5, 0.6) is 5.75 Å². The van der Waals surface area contributed by atoms with Crippen molar-refractivity contribution < 1.29 is 27.8 Å². The second-order valence-corrected chi connectivity index (χ2v) is 3.09. The van der Waals surface area contributed by atoms with Gasteiger partial charge in [-0.3, -0.25) is 0 Å². The van der Waals surface area contributed by atoms with Gasteiger partial charge in [-0.1, -0.05) is 6.07 Å². The molecular weight excluding hydrogens is 237 g/mol. The monoisotopic (exact) mass is 246 g/mol. The predicted octanol–water partition coefficient (Wildman–Crippen LogP) is 2.81. The summed E-state index contributed by atoms with van der Waals surface area (Å²) >= 11 is 0. The third-order valence-electron chi connectivity index (χ3n) is 1.98. The third kappa shape index (κ3) is 3.24. The summed E-state index contributed by atoms with van der Waals surface area (Å²) in [5, 5.41) is 8.42. The minimum Gasteiger partial charge on any atom is -0.496 e. The Morgan fingerprint density at radius 2 is 2.06 bits per heavy atom. The molecule has 1 N–H and O–H groups in total. The number of halogens is 3. The summed E-state index contributed by atoms with van der Waals surface area (Å²) in [6.45, 7) is 0. The van der Waals surface area contributed by atoms with E-state index >= 15 is 0 Å². The molecule has 0 saturated heterocycles. The lowest BCUT2D eigenvalue weighted by atomic mass is 10.1. The molecule has 0 saturated carbocycles. The minimum atomic E-state index is -4.56. The number of carboxylic acid groups (broad SMARTS) is 1. The van der Waals surface area contributed by atoms with Crippen LogP contribution in [0.2, 0.25) is 0 Å². The van der Waals surface area contributed by atoms with Crippen LogP contribution in [0.4, 0.5) is 13.2 Å². The molecule has 0 amide bonds. The lowest BCUT2D eigenvalue weighted by molar-refractivity contribution is -0.138. The molecule has 6 heteroatoms. The Morgan fingerprint density at radius 3 is 2.53 bits per heavy atom. The number of aliphatic carboxylic acids is 1. The van der Waals surface area contributed by atoms with Crippen molar-refractivity contribution in [2.24, 2.45) is 0 Å². The van der Waals surface area contributed by atoms with E-state index in [4.69, 9.17) is 9.84 Å². The molecule has 0 radical (unpaired) electrons. The molecule has 0 heterocycles. The van der Waals surface area contributed by atoms with E-state index in [0.29, 0.717) is 6.08 Å². The van der Waals surface area contributed by atoms with Gasteiger partial charge in [0.15, 0.2) is 0 Å². The molecule has 92 valence electrons. The second kappa shape index (κ2) is 4.90. The van der Waals surface area contributed by atoms with Crippen LogP contribution < -0.4 is 4.74 Å². The number of benzene rings is 1. The molecular formula is C11H9F3O3. The van der Waals surface area contributed by atoms with Crippen LogP contribution >= 0.6 is 0 Å². The van der Waals surface area contributed by atoms with Crippen LogP contribution in [0.15, 0.2) is 24.3 Å². The van der Waals surface area contributed by atoms with Crippen molar-refractivity contribution in [1.29, 1.82) is 0 Å². The van der Waals surface area contributed by atoms with Crippen LogP contribution in [0, 0.1) is 0 Å². The molecule has 1 rings (SSSR count). The highest BCUT2D eigenvalue weighted by atomic mass is 19.4. The van der Waals surface area contributed by atoms with Gasteiger partial charge in [-0.25, -0.2) is 4.79 Å². The van der Waals surface area contributed by atoms with Gasteiger partial charge in [-0.15, -0.1) is 0 Å². The normalized spacial score (nSPS) is 11.8. The zero-order chi connectivity index (χ0) is 13.1. The summed E-state index contributed by atoms with van der Waals surface area (Å²) in [6.07, 6.45) is -3.07. The number of alkyl halides is 3. The molecule has 1 aromatic carbocycles. The van der Waals surface area contributed by atoms with E-state index in [1.165, 1.54) is 19.2 Å². The fourth-order valence-corrected chi connectivity index (χ4v) is 1.30. The molecule has 1 aromatic rings. The Kier molecular flexibility index (Phi) is 3.77. The van der Waals surface area contributed by atoms with Crippen LogP contribution in [0.1, 0.15) is 11.1 Å². The number of hydrogen-bond donors (Lipinski definition) is 1. The average Bonchev–Trinajstić information content (AvgIpc) is 2.24. The molecule has 3 nitrogen and oxygen atoms in total. The van der Waals surface area contributed by atoms with Crippen molar-refractivity contribution in [3.05, 3.63) is 35.4 Å². The van der Waals surface area contributed by atoms with Crippen molar-refractivity contribution in [1.82, 2.24) is 0 Å². The van der Waals surface area contributed by atoms with Gasteiger partial charge >= 0.3 is 12.1 Å². The lowest BCUT2D eigenvalue weighted by Crippen LogP contribution is -2.08. The summed E-state index contributed by atoms with van der Waals surface area (Å²) in [5.41, 5.74) is -1.24. The number of rotatable bonds is 3. The van der Waals surface area contributed by atoms with Crippen LogP contribution in [-0.2, 0) is 11.0 Å². The standard InChI is InChI=1S/C11H9F3O3/c1-17-9-4-2-3-8(11(12,13)14)7(9)5-6-10(15)16/h2-6H,1H3,(H,15,16)/b6-5+. The minimum absolute atomic E-state index is 0.0303. The van der Waals surface area contributed by atoms with Crippen LogP contribution in [0.25, 0.3) is 6.08 Å². The maximum atomic E-state index is 12.7. The van der Waals surface area contributed by atoms with Crippen LogP contribution in [-0.4, -0.2) is 18.2 Å². The average molecular weight is 246 g/mol. The largest absolute Gasteiger partial charge is 0.496 e. The van der Waals surface area contributed by atoms with E-state index in [2.05, 4.69) is 0 Å². The van der Waals surface area contributed by atoms with E-state index in [1.807, 2.05) is 0 Å². The Hall–Kier alpha value is -1.98. The van der Waals surface area contributed by atoms with E-state index in [0.717, 1.165) is 12.1 Å². The summed E-state index contributed by atoms with van der Waals surface area (Å²) in [5.74, 6) is -1.36. The van der Waals surface area contributed by atoms with Gasteiger partial charge in [-0.05, 0) is 18.2 Å². The summed E-state index contributed by atoms with van der Waals surface area (Å²) in [7, 11) is 1.22. The van der Waals surface area contributed by atoms with Crippen molar-refractivity contribution >= 4 is 12.0 Å². The first kappa shape index (κ1) is 13.1. The van der Waals surface area contributed by atoms with Gasteiger partial charge < -0.3 is 9.84 Å². The molecule has 0 spiro atoms. The summed E-state index contributed by atoms with van der Waals surface area (Å²) in [6, 6.07) is 3.39. The maximum Gasteiger partial charge on any atom is 0.417 e. The van der Waals surface area contributed by atoms with E-state index in [-0.39, 0.29) is 11.3 Å². The Balaban J connectivity index is 3.36. The number of ether oxygens (including phenoxy) is 1. The zero-order valence-electron chi connectivity index (χ0n) is 8.78. The number of methoxy groups -OCH3 is 1. The molecule has 17 heavy (non-hydrogen) atoms. The van der Waals surface area contributed by atoms with E-state index in [1.54, 1.807) is 0 Å². The molecule has 0 fully saturated rings. The topological polar surface area (TPSA) is 46.5 Å². The van der Waals surface area contributed by atoms with Crippen molar-refractivity contribution in [2.45, 2.75) is 6.18 Å². The maximum absolute atomic E-state index is 12.7. The number of carboxylic acids is 1. The fraction of sp³-hybridized carbons (Fsp3) is 0.182. The Morgan fingerprint density at radius 1 is 1.41 bits per heavy atom. The molecule has 0 aromatic heterocycles. The van der Waals surface area contributed by atoms with Gasteiger partial charge in [-0.2, -0.15) is 13.2 Å². The molecule has 0 aliphatic heterocycles. The van der Waals surface area contributed by atoms with Crippen molar-refractivity contribution in [2.75, 3.05) is 7.11 Å². The number of hydrogen-bond acceptors (Lipinski definition) is 2. The van der Waals surface area contributed by atoms with Crippen LogP contribution in [0.3, 0.4) is 0 Å². The summed E-state index contributed by atoms with van der Waals surface area (Å²) in [4.78, 5) is 10.3. The van der Waals surface area contributed by atoms with Gasteiger partial charge in [0.1, 0.15) is 5.75 Å². The molecule has 0 unspecified atom stereocenters. The quantitative estimate of drug-likeness (QED) is 0.834.